The van der Waals surface area contributed by atoms with Crippen LogP contribution in [0.25, 0.3) is 0 Å². The average Bonchev–Trinajstić information content (AvgIpc) is 1.68. The maximum Gasteiger partial charge on any atom is 0.392 e. The zero-order valence-corrected chi connectivity index (χ0v) is 7.02. The third kappa shape index (κ3) is 4.87. The highest BCUT2D eigenvalue weighted by atomic mass is 32.2. The van der Waals surface area contributed by atoms with Gasteiger partial charge in [-0.2, -0.15) is 0 Å². The van der Waals surface area contributed by atoms with E-state index in [1.807, 2.05) is 0 Å². The van der Waals surface area contributed by atoms with Gasteiger partial charge in [-0.25, -0.2) is 12.5 Å². The molecule has 0 saturated carbocycles. The Hall–Kier alpha value is 0.720. The molecule has 0 fully saturated rings. The minimum atomic E-state index is -1.90. The summed E-state index contributed by atoms with van der Waals surface area (Å²) in [4.78, 5) is 0. The standard InChI is InChI=1S/C2H6O3PS2/c1-7-4-6(3)5-8-2/h1-2H3. The van der Waals surface area contributed by atoms with Gasteiger partial charge in [0.05, 0.1) is 0 Å². The smallest absolute Gasteiger partial charge is 0.220 e. The van der Waals surface area contributed by atoms with E-state index in [0.717, 1.165) is 24.1 Å². The third-order valence-corrected chi connectivity index (χ3v) is 2.44. The highest BCUT2D eigenvalue weighted by Gasteiger charge is 1.97. The molecule has 0 aliphatic carbocycles. The van der Waals surface area contributed by atoms with E-state index >= 15 is 0 Å². The highest BCUT2D eigenvalue weighted by molar-refractivity contribution is 7.99. The van der Waals surface area contributed by atoms with Crippen molar-refractivity contribution in [1.82, 2.24) is 0 Å². The molecule has 49 valence electrons. The quantitative estimate of drug-likeness (QED) is 0.481. The zero-order chi connectivity index (χ0) is 6.41. The Labute approximate surface area is 57.9 Å². The van der Waals surface area contributed by atoms with E-state index in [1.54, 1.807) is 12.5 Å². The van der Waals surface area contributed by atoms with Crippen LogP contribution in [0.1, 0.15) is 0 Å². The van der Waals surface area contributed by atoms with E-state index in [9.17, 15) is 4.57 Å². The molecule has 1 radical (unpaired) electrons. The van der Waals surface area contributed by atoms with Crippen LogP contribution in [0, 0.1) is 0 Å². The molecule has 0 unspecified atom stereocenters. The van der Waals surface area contributed by atoms with Crippen molar-refractivity contribution in [3.8, 4) is 0 Å². The molecule has 0 amide bonds. The number of hydrogen-bond donors (Lipinski definition) is 0. The molecular formula is C2H6O3PS2. The van der Waals surface area contributed by atoms with Crippen LogP contribution in [-0.4, -0.2) is 12.5 Å². The lowest BCUT2D eigenvalue weighted by molar-refractivity contribution is 0.464. The molecule has 8 heavy (non-hydrogen) atoms. The fourth-order valence-electron chi connectivity index (χ4n) is 0.134. The van der Waals surface area contributed by atoms with E-state index in [0.29, 0.717) is 0 Å². The zero-order valence-electron chi connectivity index (χ0n) is 4.49. The van der Waals surface area contributed by atoms with Gasteiger partial charge in [0.1, 0.15) is 0 Å². The highest BCUT2D eigenvalue weighted by Crippen LogP contribution is 2.32. The van der Waals surface area contributed by atoms with Gasteiger partial charge in [-0.1, -0.05) is 0 Å². The largest absolute Gasteiger partial charge is 0.392 e. The van der Waals surface area contributed by atoms with Gasteiger partial charge in [0, 0.05) is 36.6 Å². The van der Waals surface area contributed by atoms with Crippen LogP contribution in [-0.2, 0) is 12.5 Å². The molecule has 0 atom stereocenters. The van der Waals surface area contributed by atoms with E-state index < -0.39 is 8.25 Å². The summed E-state index contributed by atoms with van der Waals surface area (Å²) in [6, 6.07) is 0. The van der Waals surface area contributed by atoms with Crippen molar-refractivity contribution in [1.29, 1.82) is 0 Å². The van der Waals surface area contributed by atoms with Crippen molar-refractivity contribution in [2.75, 3.05) is 12.5 Å². The summed E-state index contributed by atoms with van der Waals surface area (Å²) in [5.74, 6) is 0. The summed E-state index contributed by atoms with van der Waals surface area (Å²) >= 11 is 2.06. The van der Waals surface area contributed by atoms with Gasteiger partial charge in [0.2, 0.25) is 0 Å². The number of rotatable bonds is 4. The summed E-state index contributed by atoms with van der Waals surface area (Å²) in [5, 5.41) is 0. The normalized spacial score (nSPS) is 9.25. The van der Waals surface area contributed by atoms with Gasteiger partial charge < -0.3 is 0 Å². The van der Waals surface area contributed by atoms with E-state index in [2.05, 4.69) is 7.94 Å². The SMILES string of the molecule is CSO[P](=O)OSC. The van der Waals surface area contributed by atoms with Gasteiger partial charge in [-0.3, -0.25) is 0 Å². The summed E-state index contributed by atoms with van der Waals surface area (Å²) in [6.45, 7) is 0. The molecule has 0 N–H and O–H groups in total. The van der Waals surface area contributed by atoms with Crippen molar-refractivity contribution in [2.45, 2.75) is 0 Å². The maximum absolute atomic E-state index is 10.3. The minimum Gasteiger partial charge on any atom is -0.220 e. The molecule has 0 saturated heterocycles. The van der Waals surface area contributed by atoms with Crippen LogP contribution < -0.4 is 0 Å². The minimum absolute atomic E-state index is 1.03. The fourth-order valence-corrected chi connectivity index (χ4v) is 1.43. The van der Waals surface area contributed by atoms with Gasteiger partial charge in [-0.05, 0) is 0 Å². The molecule has 0 aliphatic rings. The van der Waals surface area contributed by atoms with Crippen LogP contribution in [0.2, 0.25) is 0 Å². The predicted octanol–water partition coefficient (Wildman–Crippen LogP) is 2.23. The lowest BCUT2D eigenvalue weighted by atomic mass is 12.0. The Morgan fingerprint density at radius 3 is 1.88 bits per heavy atom. The van der Waals surface area contributed by atoms with Crippen molar-refractivity contribution < 1.29 is 12.5 Å². The van der Waals surface area contributed by atoms with Gasteiger partial charge in [0.25, 0.3) is 0 Å². The monoisotopic (exact) mass is 173 g/mol. The summed E-state index contributed by atoms with van der Waals surface area (Å²) in [7, 11) is -1.90. The van der Waals surface area contributed by atoms with Gasteiger partial charge >= 0.3 is 8.25 Å². The van der Waals surface area contributed by atoms with Crippen molar-refractivity contribution in [3.63, 3.8) is 0 Å². The third-order valence-electron chi connectivity index (χ3n) is 0.271. The molecule has 0 heterocycles. The van der Waals surface area contributed by atoms with Crippen LogP contribution in [0.3, 0.4) is 0 Å². The van der Waals surface area contributed by atoms with Crippen molar-refractivity contribution >= 4 is 32.3 Å². The average molecular weight is 173 g/mol. The maximum atomic E-state index is 10.3. The molecular weight excluding hydrogens is 167 g/mol. The van der Waals surface area contributed by atoms with Crippen LogP contribution in [0.4, 0.5) is 0 Å². The molecule has 0 rings (SSSR count). The molecule has 0 spiro atoms. The molecule has 0 bridgehead atoms. The second kappa shape index (κ2) is 5.85. The van der Waals surface area contributed by atoms with E-state index in [1.165, 1.54) is 0 Å². The molecule has 0 aromatic heterocycles. The van der Waals surface area contributed by atoms with E-state index in [-0.39, 0.29) is 0 Å². The van der Waals surface area contributed by atoms with E-state index in [4.69, 9.17) is 0 Å². The van der Waals surface area contributed by atoms with Gasteiger partial charge in [-0.15, -0.1) is 0 Å². The molecule has 0 aromatic rings. The lowest BCUT2D eigenvalue weighted by Gasteiger charge is -1.92. The summed E-state index contributed by atoms with van der Waals surface area (Å²) in [5.41, 5.74) is 0. The Morgan fingerprint density at radius 1 is 1.25 bits per heavy atom. The second-order valence-corrected chi connectivity index (χ2v) is 3.01. The van der Waals surface area contributed by atoms with Gasteiger partial charge in [0.15, 0.2) is 0 Å². The predicted molar refractivity (Wildman–Crippen MR) is 36.8 cm³/mol. The second-order valence-electron chi connectivity index (χ2n) is 0.706. The summed E-state index contributed by atoms with van der Waals surface area (Å²) in [6.07, 6.45) is 3.36. The molecule has 6 heteroatoms. The first-order chi connectivity index (χ1) is 3.81. The molecule has 3 nitrogen and oxygen atoms in total. The first-order valence-electron chi connectivity index (χ1n) is 1.70. The first kappa shape index (κ1) is 8.72. The van der Waals surface area contributed by atoms with Crippen molar-refractivity contribution in [2.24, 2.45) is 0 Å². The van der Waals surface area contributed by atoms with Crippen LogP contribution in [0.15, 0.2) is 0 Å². The first-order valence-corrected chi connectivity index (χ1v) is 5.09. The molecule has 0 aromatic carbocycles. The lowest BCUT2D eigenvalue weighted by Crippen LogP contribution is -1.63. The fraction of sp³-hybridized carbons (Fsp3) is 1.00. The Bertz CT molecular complexity index is 69.7. The molecule has 0 aliphatic heterocycles. The van der Waals surface area contributed by atoms with Crippen molar-refractivity contribution in [3.05, 3.63) is 0 Å². The Balaban J connectivity index is 3.06. The van der Waals surface area contributed by atoms with Crippen LogP contribution in [0.5, 0.6) is 0 Å². The topological polar surface area (TPSA) is 35.5 Å². The Kier molecular flexibility index (Phi) is 6.38. The van der Waals surface area contributed by atoms with Crippen LogP contribution >= 0.6 is 32.3 Å². The summed E-state index contributed by atoms with van der Waals surface area (Å²) < 4.78 is 19.2. The Morgan fingerprint density at radius 2 is 1.62 bits per heavy atom. The number of hydrogen-bond acceptors (Lipinski definition) is 5.